The number of nitrogen functional groups attached to an aromatic ring is 1. The fourth-order valence-corrected chi connectivity index (χ4v) is 4.38. The van der Waals surface area contributed by atoms with Gasteiger partial charge in [0.05, 0.1) is 22.4 Å². The molecule has 2 atom stereocenters. The molecule has 0 radical (unpaired) electrons. The van der Waals surface area contributed by atoms with E-state index in [1.165, 1.54) is 11.3 Å². The van der Waals surface area contributed by atoms with Gasteiger partial charge in [0, 0.05) is 18.7 Å². The van der Waals surface area contributed by atoms with Gasteiger partial charge in [-0.1, -0.05) is 55.5 Å². The molecule has 2 amide bonds. The summed E-state index contributed by atoms with van der Waals surface area (Å²) in [7, 11) is 0. The van der Waals surface area contributed by atoms with Crippen molar-refractivity contribution in [3.8, 4) is 0 Å². The monoisotopic (exact) mass is 456 g/mol. The average molecular weight is 457 g/mol. The summed E-state index contributed by atoms with van der Waals surface area (Å²) < 4.78 is 0.813. The van der Waals surface area contributed by atoms with Crippen molar-refractivity contribution in [2.75, 3.05) is 18.8 Å². The van der Waals surface area contributed by atoms with E-state index in [1.54, 1.807) is 23.1 Å². The van der Waals surface area contributed by atoms with Crippen molar-refractivity contribution in [2.24, 2.45) is 5.92 Å². The van der Waals surface area contributed by atoms with Gasteiger partial charge in [-0.25, -0.2) is 9.78 Å². The van der Waals surface area contributed by atoms with Gasteiger partial charge in [-0.15, -0.1) is 0 Å². The van der Waals surface area contributed by atoms with E-state index < -0.39 is 18.2 Å². The van der Waals surface area contributed by atoms with Crippen molar-refractivity contribution in [3.05, 3.63) is 59.7 Å². The number of carboxylic acid groups (broad SMARTS) is 1. The highest BCUT2D eigenvalue weighted by Gasteiger charge is 2.27. The number of nitrogens with two attached hydrogens (primary N) is 1. The second-order valence-electron chi connectivity index (χ2n) is 8.15. The number of aliphatic hydroxyl groups excluding tert-OH is 1. The molecule has 2 aromatic carbocycles. The largest absolute Gasteiger partial charge is 0.465 e. The number of thiazole rings is 1. The molecule has 3 aromatic rings. The summed E-state index contributed by atoms with van der Waals surface area (Å²) in [6.07, 6.45) is -2.00. The smallest absolute Gasteiger partial charge is 0.404 e. The summed E-state index contributed by atoms with van der Waals surface area (Å²) in [6, 6.07) is 13.8. The predicted octanol–water partition coefficient (Wildman–Crippen LogP) is 3.22. The minimum Gasteiger partial charge on any atom is -0.465 e. The molecule has 1 heterocycles. The van der Waals surface area contributed by atoms with E-state index in [1.807, 2.05) is 44.2 Å². The van der Waals surface area contributed by atoms with Gasteiger partial charge >= 0.3 is 6.09 Å². The van der Waals surface area contributed by atoms with Crippen LogP contribution >= 0.6 is 11.3 Å². The van der Waals surface area contributed by atoms with Crippen molar-refractivity contribution < 1.29 is 19.8 Å². The van der Waals surface area contributed by atoms with Gasteiger partial charge in [0.15, 0.2) is 5.13 Å². The van der Waals surface area contributed by atoms with E-state index in [4.69, 9.17) is 5.73 Å². The Hall–Kier alpha value is -3.17. The third-order valence-electron chi connectivity index (χ3n) is 5.00. The van der Waals surface area contributed by atoms with E-state index in [9.17, 15) is 19.8 Å². The molecule has 0 fully saturated rings. The Bertz CT molecular complexity index is 1070. The maximum atomic E-state index is 13.3. The molecule has 5 N–H and O–H groups in total. The fourth-order valence-electron chi connectivity index (χ4n) is 3.60. The zero-order valence-electron chi connectivity index (χ0n) is 18.1. The van der Waals surface area contributed by atoms with Crippen LogP contribution in [0.3, 0.4) is 0 Å². The summed E-state index contributed by atoms with van der Waals surface area (Å²) in [6.45, 7) is 4.38. The molecule has 0 aliphatic heterocycles. The van der Waals surface area contributed by atoms with Crippen LogP contribution in [0.2, 0.25) is 0 Å². The van der Waals surface area contributed by atoms with Crippen LogP contribution in [0.15, 0.2) is 48.5 Å². The summed E-state index contributed by atoms with van der Waals surface area (Å²) in [4.78, 5) is 30.4. The van der Waals surface area contributed by atoms with Gasteiger partial charge in [-0.2, -0.15) is 0 Å². The molecule has 0 saturated heterocycles. The number of hydrogen-bond donors (Lipinski definition) is 4. The molecule has 0 bridgehead atoms. The number of carbonyl (C=O) groups is 2. The van der Waals surface area contributed by atoms with Crippen molar-refractivity contribution in [3.63, 3.8) is 0 Å². The van der Waals surface area contributed by atoms with Crippen molar-refractivity contribution in [1.29, 1.82) is 0 Å². The van der Waals surface area contributed by atoms with Gasteiger partial charge < -0.3 is 26.2 Å². The quantitative estimate of drug-likeness (QED) is 0.391. The number of nitrogens with zero attached hydrogens (tertiary/aromatic N) is 2. The molecule has 1 aromatic heterocycles. The number of aliphatic hydroxyl groups is 1. The van der Waals surface area contributed by atoms with E-state index in [0.717, 1.165) is 15.8 Å². The first-order valence-corrected chi connectivity index (χ1v) is 11.2. The first-order valence-electron chi connectivity index (χ1n) is 10.4. The summed E-state index contributed by atoms with van der Waals surface area (Å²) in [5.74, 6) is -0.0747. The number of fused-ring (bicyclic) bond motifs is 1. The lowest BCUT2D eigenvalue weighted by molar-refractivity contribution is 0.0509. The Balaban J connectivity index is 1.81. The van der Waals surface area contributed by atoms with E-state index in [-0.39, 0.29) is 18.4 Å². The third-order valence-corrected chi connectivity index (χ3v) is 5.85. The number of rotatable bonds is 9. The zero-order valence-corrected chi connectivity index (χ0v) is 18.9. The highest BCUT2D eigenvalue weighted by molar-refractivity contribution is 7.22. The highest BCUT2D eigenvalue weighted by atomic mass is 32.1. The Kier molecular flexibility index (Phi) is 7.66. The lowest BCUT2D eigenvalue weighted by Crippen LogP contribution is -2.50. The number of carbonyl (C=O) groups excluding carboxylic acids is 1. The van der Waals surface area contributed by atoms with Gasteiger partial charge in [0.1, 0.15) is 0 Å². The SMILES string of the molecule is CC(C)CN(C[C@@H](O)[C@H](Cc1ccccc1)NC(=O)O)C(=O)c1ccc2nc(N)sc2c1. The second kappa shape index (κ2) is 10.4. The van der Waals surface area contributed by atoms with Gasteiger partial charge in [-0.3, -0.25) is 4.79 Å². The van der Waals surface area contributed by atoms with Gasteiger partial charge in [0.2, 0.25) is 0 Å². The van der Waals surface area contributed by atoms with E-state index in [0.29, 0.717) is 23.7 Å². The number of amides is 2. The molecule has 0 unspecified atom stereocenters. The van der Waals surface area contributed by atoms with Gasteiger partial charge in [0.25, 0.3) is 5.91 Å². The molecular formula is C23H28N4O4S. The molecule has 0 aliphatic rings. The zero-order chi connectivity index (χ0) is 23.3. The summed E-state index contributed by atoms with van der Waals surface area (Å²) in [5.41, 5.74) is 7.86. The lowest BCUT2D eigenvalue weighted by atomic mass is 10.00. The molecular weight excluding hydrogens is 428 g/mol. The molecule has 32 heavy (non-hydrogen) atoms. The summed E-state index contributed by atoms with van der Waals surface area (Å²) in [5, 5.41) is 23.0. The molecule has 8 nitrogen and oxygen atoms in total. The second-order valence-corrected chi connectivity index (χ2v) is 9.21. The fraction of sp³-hybridized carbons (Fsp3) is 0.348. The molecule has 3 rings (SSSR count). The summed E-state index contributed by atoms with van der Waals surface area (Å²) >= 11 is 1.31. The van der Waals surface area contributed by atoms with Crippen molar-refractivity contribution >= 4 is 38.7 Å². The number of anilines is 1. The number of nitrogens with one attached hydrogen (secondary N) is 1. The van der Waals surface area contributed by atoms with Crippen molar-refractivity contribution in [1.82, 2.24) is 15.2 Å². The van der Waals surface area contributed by atoms with Crippen LogP contribution in [-0.4, -0.2) is 57.3 Å². The van der Waals surface area contributed by atoms with Gasteiger partial charge in [-0.05, 0) is 36.1 Å². The Morgan fingerprint density at radius 1 is 1.16 bits per heavy atom. The van der Waals surface area contributed by atoms with E-state index in [2.05, 4.69) is 10.3 Å². The maximum Gasteiger partial charge on any atom is 0.404 e. The maximum absolute atomic E-state index is 13.3. The topological polar surface area (TPSA) is 129 Å². The number of hydrogen-bond acceptors (Lipinski definition) is 6. The molecule has 0 saturated carbocycles. The van der Waals surface area contributed by atoms with E-state index >= 15 is 0 Å². The van der Waals surface area contributed by atoms with Crippen LogP contribution in [0.1, 0.15) is 29.8 Å². The standard InChI is InChI=1S/C23H28N4O4S/c1-14(2)12-27(21(29)16-8-9-17-20(11-16)32-22(24)25-17)13-19(28)18(26-23(30)31)10-15-6-4-3-5-7-15/h3-9,11,14,18-19,26,28H,10,12-13H2,1-2H3,(H2,24,25)(H,30,31)/t18-,19+/m0/s1. The van der Waals surface area contributed by atoms with Crippen LogP contribution in [-0.2, 0) is 6.42 Å². The molecule has 170 valence electrons. The Labute approximate surface area is 190 Å². The normalized spacial score (nSPS) is 13.1. The Morgan fingerprint density at radius 3 is 2.53 bits per heavy atom. The van der Waals surface area contributed by atoms with Crippen LogP contribution in [0, 0.1) is 5.92 Å². The van der Waals surface area contributed by atoms with Crippen molar-refractivity contribution in [2.45, 2.75) is 32.4 Å². The van der Waals surface area contributed by atoms with Crippen LogP contribution in [0.4, 0.5) is 9.93 Å². The first-order chi connectivity index (χ1) is 15.2. The Morgan fingerprint density at radius 2 is 1.88 bits per heavy atom. The molecule has 0 aliphatic carbocycles. The molecule has 0 spiro atoms. The third kappa shape index (κ3) is 6.18. The van der Waals surface area contributed by atoms with Crippen LogP contribution in [0.5, 0.6) is 0 Å². The van der Waals surface area contributed by atoms with Crippen LogP contribution in [0.25, 0.3) is 10.2 Å². The number of benzene rings is 2. The highest BCUT2D eigenvalue weighted by Crippen LogP contribution is 2.25. The first kappa shape index (κ1) is 23.5. The lowest BCUT2D eigenvalue weighted by Gasteiger charge is -2.31. The van der Waals surface area contributed by atoms with Crippen LogP contribution < -0.4 is 11.1 Å². The number of aromatic nitrogens is 1. The average Bonchev–Trinajstić information content (AvgIpc) is 3.11. The predicted molar refractivity (Wildman–Crippen MR) is 126 cm³/mol. The minimum absolute atomic E-state index is 0.00232. The molecule has 9 heteroatoms. The minimum atomic E-state index is -1.22.